The number of rotatable bonds is 49. The van der Waals surface area contributed by atoms with Crippen molar-refractivity contribution in [2.75, 3.05) is 33.0 Å². The zero-order valence-corrected chi connectivity index (χ0v) is 48.8. The van der Waals surface area contributed by atoms with Crippen LogP contribution in [0.2, 0.25) is 0 Å². The van der Waals surface area contributed by atoms with Crippen molar-refractivity contribution in [3.63, 3.8) is 0 Å². The Labute approximate surface area is 477 Å². The van der Waals surface area contributed by atoms with E-state index >= 15 is 0 Å². The number of unbranched alkanes of at least 4 members (excludes halogenated alkanes) is 19. The van der Waals surface area contributed by atoms with E-state index in [9.17, 15) is 40.5 Å². The summed E-state index contributed by atoms with van der Waals surface area (Å²) >= 11 is 0. The first-order valence-electron chi connectivity index (χ1n) is 30.8. The van der Waals surface area contributed by atoms with Gasteiger partial charge >= 0.3 is 5.97 Å². The monoisotopic (exact) mass is 1110 g/mol. The van der Waals surface area contributed by atoms with E-state index in [0.717, 1.165) is 89.9 Å². The summed E-state index contributed by atoms with van der Waals surface area (Å²) in [6.07, 6.45) is 51.8. The van der Waals surface area contributed by atoms with Crippen LogP contribution in [0.4, 0.5) is 0 Å². The molecule has 11 atom stereocenters. The van der Waals surface area contributed by atoms with Crippen LogP contribution in [0, 0.1) is 0 Å². The van der Waals surface area contributed by atoms with E-state index in [-0.39, 0.29) is 19.6 Å². The van der Waals surface area contributed by atoms with Gasteiger partial charge in [0.25, 0.3) is 0 Å². The Bertz CT molecular complexity index is 1670. The molecule has 0 spiro atoms. The number of esters is 1. The Balaban J connectivity index is 1.72. The lowest BCUT2D eigenvalue weighted by Crippen LogP contribution is -2.61. The standard InChI is InChI=1S/C65H110O14/c1-3-5-7-9-11-13-15-17-19-21-23-25-27-28-30-32-34-36-38-40-42-44-46-48-57(67)77-54(51-74-49-47-45-43-41-39-37-35-33-31-29-26-24-22-20-18-16-14-12-10-8-6-4-2)52-75-64-63(73)61(71)59(69)56(79-64)53-76-65-62(72)60(70)58(68)55(50-66)78-65/h6,8,12,14-15,17-18,20-21,23-24,26,31,33,37,39,54-56,58-66,68-73H,3-5,7,9-11,13,16,19,22,25,27-30,32,34-36,38,40-53H2,1-2H3/b8-6-,14-12-,17-15-,20-18-,23-21-,26-24-,33-31-,39-37-. The molecule has 2 heterocycles. The fourth-order valence-corrected chi connectivity index (χ4v) is 9.14. The molecule has 0 aromatic rings. The van der Waals surface area contributed by atoms with Crippen molar-refractivity contribution < 1.29 is 69.0 Å². The second-order valence-corrected chi connectivity index (χ2v) is 21.1. The maximum Gasteiger partial charge on any atom is 0.306 e. The molecule has 7 N–H and O–H groups in total. The Morgan fingerprint density at radius 3 is 1.29 bits per heavy atom. The highest BCUT2D eigenvalue weighted by Gasteiger charge is 2.47. The normalized spacial score (nSPS) is 24.7. The molecule has 2 aliphatic heterocycles. The highest BCUT2D eigenvalue weighted by molar-refractivity contribution is 5.69. The third kappa shape index (κ3) is 36.9. The Kier molecular flexibility index (Phi) is 46.1. The van der Waals surface area contributed by atoms with Crippen molar-refractivity contribution in [2.24, 2.45) is 0 Å². The molecule has 0 aromatic carbocycles. The molecule has 14 heteroatoms. The van der Waals surface area contributed by atoms with Gasteiger partial charge in [0.2, 0.25) is 0 Å². The first-order chi connectivity index (χ1) is 38.6. The molecule has 2 aliphatic rings. The number of ether oxygens (including phenoxy) is 6. The summed E-state index contributed by atoms with van der Waals surface area (Å²) in [4.78, 5) is 13.1. The molecule has 2 fully saturated rings. The predicted octanol–water partition coefficient (Wildman–Crippen LogP) is 11.7. The van der Waals surface area contributed by atoms with Gasteiger partial charge in [-0.3, -0.25) is 4.79 Å². The number of hydrogen-bond acceptors (Lipinski definition) is 14. The molecule has 454 valence electrons. The third-order valence-corrected chi connectivity index (χ3v) is 14.1. The van der Waals surface area contributed by atoms with Crippen LogP contribution in [0.1, 0.15) is 206 Å². The van der Waals surface area contributed by atoms with Gasteiger partial charge in [-0.2, -0.15) is 0 Å². The Morgan fingerprint density at radius 2 is 0.823 bits per heavy atom. The zero-order valence-electron chi connectivity index (χ0n) is 48.8. The van der Waals surface area contributed by atoms with E-state index in [2.05, 4.69) is 111 Å². The summed E-state index contributed by atoms with van der Waals surface area (Å²) in [6.45, 7) is 3.48. The predicted molar refractivity (Wildman–Crippen MR) is 316 cm³/mol. The van der Waals surface area contributed by atoms with Gasteiger partial charge < -0.3 is 64.2 Å². The lowest BCUT2D eigenvalue weighted by atomic mass is 9.98. The first kappa shape index (κ1) is 72.0. The largest absolute Gasteiger partial charge is 0.457 e. The third-order valence-electron chi connectivity index (χ3n) is 14.1. The molecule has 0 aliphatic carbocycles. The molecule has 14 nitrogen and oxygen atoms in total. The molecule has 11 unspecified atom stereocenters. The van der Waals surface area contributed by atoms with E-state index in [1.54, 1.807) is 0 Å². The molecule has 0 radical (unpaired) electrons. The van der Waals surface area contributed by atoms with Crippen molar-refractivity contribution in [1.82, 2.24) is 0 Å². The number of carbonyl (C=O) groups excluding carboxylic acids is 1. The summed E-state index contributed by atoms with van der Waals surface area (Å²) < 4.78 is 34.4. The highest BCUT2D eigenvalue weighted by Crippen LogP contribution is 2.27. The van der Waals surface area contributed by atoms with E-state index in [1.807, 2.05) is 0 Å². The van der Waals surface area contributed by atoms with Crippen LogP contribution >= 0.6 is 0 Å². The SMILES string of the molecule is CC/C=C\C/C=C\C/C=C\C/C=C\C/C=C\C/C=C\CCCCCOCC(COC1OC(COC2OC(CO)C(O)C(O)C2O)C(O)C(O)C1O)OC(=O)CCCCCCCCCCCCC/C=C\C/C=C\CCCCCCC. The van der Waals surface area contributed by atoms with Crippen LogP contribution in [0.5, 0.6) is 0 Å². The fraction of sp³-hybridized carbons (Fsp3) is 0.738. The molecule has 0 amide bonds. The molecule has 0 saturated carbocycles. The molecule has 0 aromatic heterocycles. The minimum atomic E-state index is -1.72. The Morgan fingerprint density at radius 1 is 0.430 bits per heavy atom. The topological polar surface area (TPSA) is 214 Å². The second kappa shape index (κ2) is 50.6. The van der Waals surface area contributed by atoms with Gasteiger partial charge in [-0.1, -0.05) is 201 Å². The molecular formula is C65H110O14. The van der Waals surface area contributed by atoms with Gasteiger partial charge in [-0.05, 0) is 96.3 Å². The van der Waals surface area contributed by atoms with Gasteiger partial charge in [0.15, 0.2) is 12.6 Å². The summed E-state index contributed by atoms with van der Waals surface area (Å²) in [7, 11) is 0. The summed E-state index contributed by atoms with van der Waals surface area (Å²) in [5.41, 5.74) is 0. The van der Waals surface area contributed by atoms with E-state index in [4.69, 9.17) is 28.4 Å². The average molecular weight is 1120 g/mol. The van der Waals surface area contributed by atoms with Gasteiger partial charge in [0.05, 0.1) is 26.4 Å². The summed E-state index contributed by atoms with van der Waals surface area (Å²) in [5, 5.41) is 72.4. The van der Waals surface area contributed by atoms with Crippen molar-refractivity contribution in [3.05, 3.63) is 97.2 Å². The van der Waals surface area contributed by atoms with Gasteiger partial charge in [0, 0.05) is 13.0 Å². The van der Waals surface area contributed by atoms with Crippen LogP contribution in [0.15, 0.2) is 97.2 Å². The van der Waals surface area contributed by atoms with Gasteiger partial charge in [0.1, 0.15) is 54.9 Å². The van der Waals surface area contributed by atoms with Crippen LogP contribution in [0.25, 0.3) is 0 Å². The van der Waals surface area contributed by atoms with Crippen LogP contribution in [-0.4, -0.2) is 142 Å². The van der Waals surface area contributed by atoms with Crippen molar-refractivity contribution in [3.8, 4) is 0 Å². The minimum absolute atomic E-state index is 0.0325. The van der Waals surface area contributed by atoms with E-state index in [1.165, 1.54) is 89.9 Å². The zero-order chi connectivity index (χ0) is 57.2. The lowest BCUT2D eigenvalue weighted by molar-refractivity contribution is -0.332. The molecular weight excluding hydrogens is 1000 g/mol. The van der Waals surface area contributed by atoms with Gasteiger partial charge in [-0.15, -0.1) is 0 Å². The molecule has 2 saturated heterocycles. The lowest BCUT2D eigenvalue weighted by Gasteiger charge is -2.42. The smallest absolute Gasteiger partial charge is 0.306 e. The fourth-order valence-electron chi connectivity index (χ4n) is 9.14. The van der Waals surface area contributed by atoms with Gasteiger partial charge in [-0.25, -0.2) is 0 Å². The molecule has 79 heavy (non-hydrogen) atoms. The van der Waals surface area contributed by atoms with Crippen molar-refractivity contribution >= 4 is 5.97 Å². The van der Waals surface area contributed by atoms with Crippen molar-refractivity contribution in [2.45, 2.75) is 274 Å². The number of aliphatic hydroxyl groups is 7. The summed E-state index contributed by atoms with van der Waals surface area (Å²) in [5.74, 6) is -0.393. The first-order valence-corrected chi connectivity index (χ1v) is 30.8. The number of hydrogen-bond donors (Lipinski definition) is 7. The summed E-state index contributed by atoms with van der Waals surface area (Å²) in [6, 6.07) is 0. The molecule has 2 rings (SSSR count). The highest BCUT2D eigenvalue weighted by atomic mass is 16.7. The van der Waals surface area contributed by atoms with Crippen molar-refractivity contribution in [1.29, 1.82) is 0 Å². The van der Waals surface area contributed by atoms with Crippen LogP contribution in [0.3, 0.4) is 0 Å². The quantitative estimate of drug-likeness (QED) is 0.0172. The number of allylic oxidation sites excluding steroid dienone is 16. The average Bonchev–Trinajstić information content (AvgIpc) is 3.46. The molecule has 0 bridgehead atoms. The minimum Gasteiger partial charge on any atom is -0.457 e. The van der Waals surface area contributed by atoms with E-state index < -0.39 is 86.7 Å². The van der Waals surface area contributed by atoms with Crippen LogP contribution in [-0.2, 0) is 33.2 Å². The maximum atomic E-state index is 13.1. The maximum absolute atomic E-state index is 13.1. The number of carbonyl (C=O) groups is 1. The number of aliphatic hydroxyl groups excluding tert-OH is 7. The van der Waals surface area contributed by atoms with Crippen LogP contribution < -0.4 is 0 Å². The second-order valence-electron chi connectivity index (χ2n) is 21.1. The Hall–Kier alpha value is -3.09. The van der Waals surface area contributed by atoms with E-state index in [0.29, 0.717) is 13.0 Å².